The second-order valence-corrected chi connectivity index (χ2v) is 12.6. The second-order valence-electron chi connectivity index (χ2n) is 11.4. The van der Waals surface area contributed by atoms with E-state index in [2.05, 4.69) is 36.0 Å². The lowest BCUT2D eigenvalue weighted by atomic mass is 9.70. The Hall–Kier alpha value is -1.71. The van der Waals surface area contributed by atoms with E-state index in [1.165, 1.54) is 0 Å². The van der Waals surface area contributed by atoms with E-state index in [9.17, 15) is 19.5 Å². The van der Waals surface area contributed by atoms with E-state index < -0.39 is 35.6 Å². The predicted molar refractivity (Wildman–Crippen MR) is 152 cm³/mol. The highest BCUT2D eigenvalue weighted by Gasteiger charge is 2.77. The highest BCUT2D eigenvalue weighted by molar-refractivity contribution is 9.09. The van der Waals surface area contributed by atoms with E-state index >= 15 is 0 Å². The minimum absolute atomic E-state index is 0.132. The number of fused-ring (bicyclic) bond motifs is 1. The van der Waals surface area contributed by atoms with E-state index in [1.54, 1.807) is 26.9 Å². The largest absolute Gasteiger partial charge is 0.394 e. The number of aliphatic hydroxyl groups excluding tert-OH is 1. The molecule has 3 fully saturated rings. The van der Waals surface area contributed by atoms with Gasteiger partial charge in [0.2, 0.25) is 17.7 Å². The first kappa shape index (κ1) is 30.8. The number of carbonyl (C=O) groups excluding carboxylic acids is 3. The Kier molecular flexibility index (Phi) is 10.6. The Morgan fingerprint density at radius 1 is 1.16 bits per heavy atom. The third kappa shape index (κ3) is 5.48. The van der Waals surface area contributed by atoms with Gasteiger partial charge in [-0.2, -0.15) is 0 Å². The SMILES string of the molecule is C=CCN(CCCC)C(=O)C1N([C@@H](CO)CC(C)C)C(=O)[C@@H]2[C@H](C(=O)N(CC=C)CCC)[C@H]3OC12CC3Br. The van der Waals surface area contributed by atoms with Crippen LogP contribution in [0.4, 0.5) is 0 Å². The zero-order chi connectivity index (χ0) is 28.2. The van der Waals surface area contributed by atoms with Crippen LogP contribution in [0.1, 0.15) is 59.8 Å². The lowest BCUT2D eigenvalue weighted by Crippen LogP contribution is -2.59. The smallest absolute Gasteiger partial charge is 0.248 e. The van der Waals surface area contributed by atoms with E-state index in [0.29, 0.717) is 39.0 Å². The van der Waals surface area contributed by atoms with Gasteiger partial charge in [-0.05, 0) is 31.6 Å². The topological polar surface area (TPSA) is 90.4 Å². The Labute approximate surface area is 236 Å². The first-order chi connectivity index (χ1) is 18.1. The van der Waals surface area contributed by atoms with Gasteiger partial charge >= 0.3 is 0 Å². The van der Waals surface area contributed by atoms with Gasteiger partial charge in [-0.1, -0.05) is 62.2 Å². The summed E-state index contributed by atoms with van der Waals surface area (Å²) in [6.45, 7) is 17.4. The molecule has 3 unspecified atom stereocenters. The zero-order valence-corrected chi connectivity index (χ0v) is 25.1. The first-order valence-corrected chi connectivity index (χ1v) is 15.1. The fraction of sp³-hybridized carbons (Fsp3) is 0.759. The molecule has 0 aromatic carbocycles. The van der Waals surface area contributed by atoms with Crippen molar-refractivity contribution in [2.75, 3.05) is 32.8 Å². The standard InChI is InChI=1S/C29H46BrN3O5/c1-7-11-15-32(14-10-4)28(37)25-29-17-21(30)24(38-29)22(26(35)31(12-8-2)13-9-3)23(29)27(36)33(25)20(18-34)16-19(5)6/h8,10,19-25,34H,2,4,7,9,11-18H2,1,3,5-6H3/t20-,21?,22+,23+,24+,25?,29?/m1/s1. The summed E-state index contributed by atoms with van der Waals surface area (Å²) < 4.78 is 6.67. The molecule has 3 aliphatic heterocycles. The second kappa shape index (κ2) is 13.1. The quantitative estimate of drug-likeness (QED) is 0.231. The van der Waals surface area contributed by atoms with Crippen LogP contribution < -0.4 is 0 Å². The molecule has 3 aliphatic rings. The Morgan fingerprint density at radius 2 is 1.79 bits per heavy atom. The third-order valence-electron chi connectivity index (χ3n) is 8.19. The molecule has 2 bridgehead atoms. The van der Waals surface area contributed by atoms with Crippen molar-refractivity contribution in [3.05, 3.63) is 25.3 Å². The number of hydrogen-bond donors (Lipinski definition) is 1. The molecule has 8 nitrogen and oxygen atoms in total. The monoisotopic (exact) mass is 595 g/mol. The van der Waals surface area contributed by atoms with Crippen LogP contribution in [0.3, 0.4) is 0 Å². The molecule has 3 amide bonds. The van der Waals surface area contributed by atoms with Crippen LogP contribution in [0.15, 0.2) is 25.3 Å². The number of aliphatic hydroxyl groups is 1. The fourth-order valence-electron chi connectivity index (χ4n) is 6.74. The molecule has 3 rings (SSSR count). The van der Waals surface area contributed by atoms with Crippen molar-refractivity contribution < 1.29 is 24.2 Å². The molecule has 9 heteroatoms. The maximum absolute atomic E-state index is 14.4. The summed E-state index contributed by atoms with van der Waals surface area (Å²) in [5.74, 6) is -1.86. The van der Waals surface area contributed by atoms with Gasteiger partial charge in [0.05, 0.1) is 30.6 Å². The van der Waals surface area contributed by atoms with Crippen LogP contribution in [0.25, 0.3) is 0 Å². The number of halogens is 1. The summed E-state index contributed by atoms with van der Waals surface area (Å²) in [5.41, 5.74) is -1.13. The van der Waals surface area contributed by atoms with Crippen LogP contribution in [-0.4, -0.2) is 98.9 Å². The molecule has 0 aliphatic carbocycles. The van der Waals surface area contributed by atoms with Crippen LogP contribution >= 0.6 is 15.9 Å². The Balaban J connectivity index is 2.12. The van der Waals surface area contributed by atoms with Crippen molar-refractivity contribution in [2.45, 2.75) is 88.4 Å². The first-order valence-electron chi connectivity index (χ1n) is 14.2. The van der Waals surface area contributed by atoms with Crippen LogP contribution in [0, 0.1) is 17.8 Å². The maximum atomic E-state index is 14.4. The number of amides is 3. The summed E-state index contributed by atoms with van der Waals surface area (Å²) in [7, 11) is 0. The molecular weight excluding hydrogens is 550 g/mol. The normalized spacial score (nSPS) is 30.4. The molecule has 7 atom stereocenters. The van der Waals surface area contributed by atoms with Gasteiger partial charge in [-0.25, -0.2) is 0 Å². The summed E-state index contributed by atoms with van der Waals surface area (Å²) in [4.78, 5) is 47.6. The van der Waals surface area contributed by atoms with Crippen molar-refractivity contribution in [2.24, 2.45) is 17.8 Å². The highest BCUT2D eigenvalue weighted by Crippen LogP contribution is 2.61. The van der Waals surface area contributed by atoms with Gasteiger partial charge in [-0.15, -0.1) is 13.2 Å². The molecule has 38 heavy (non-hydrogen) atoms. The number of alkyl halides is 1. The van der Waals surface area contributed by atoms with Gasteiger partial charge in [0, 0.05) is 31.0 Å². The molecule has 0 aromatic rings. The molecular formula is C29H46BrN3O5. The van der Waals surface area contributed by atoms with Crippen LogP contribution in [-0.2, 0) is 19.1 Å². The molecule has 3 saturated heterocycles. The summed E-state index contributed by atoms with van der Waals surface area (Å²) in [6, 6.07) is -1.45. The van der Waals surface area contributed by atoms with Crippen LogP contribution in [0.5, 0.6) is 0 Å². The van der Waals surface area contributed by atoms with Crippen molar-refractivity contribution in [1.29, 1.82) is 0 Å². The molecule has 1 N–H and O–H groups in total. The van der Waals surface area contributed by atoms with Gasteiger partial charge in [-0.3, -0.25) is 14.4 Å². The van der Waals surface area contributed by atoms with Gasteiger partial charge < -0.3 is 24.5 Å². The summed E-state index contributed by atoms with van der Waals surface area (Å²) >= 11 is 3.75. The molecule has 0 radical (unpaired) electrons. The Morgan fingerprint density at radius 3 is 2.32 bits per heavy atom. The highest BCUT2D eigenvalue weighted by atomic mass is 79.9. The predicted octanol–water partition coefficient (Wildman–Crippen LogP) is 3.38. The van der Waals surface area contributed by atoms with Crippen molar-refractivity contribution in [1.82, 2.24) is 14.7 Å². The van der Waals surface area contributed by atoms with Crippen molar-refractivity contribution in [3.63, 3.8) is 0 Å². The molecule has 0 aromatic heterocycles. The van der Waals surface area contributed by atoms with Gasteiger partial charge in [0.1, 0.15) is 11.6 Å². The lowest BCUT2D eigenvalue weighted by Gasteiger charge is -2.40. The van der Waals surface area contributed by atoms with Crippen LogP contribution in [0.2, 0.25) is 0 Å². The number of hydrogen-bond acceptors (Lipinski definition) is 5. The van der Waals surface area contributed by atoms with E-state index in [4.69, 9.17) is 4.74 Å². The number of likely N-dealkylation sites (tertiary alicyclic amines) is 1. The van der Waals surface area contributed by atoms with Gasteiger partial charge in [0.15, 0.2) is 0 Å². The molecule has 1 spiro atoms. The fourth-order valence-corrected chi connectivity index (χ4v) is 7.68. The minimum atomic E-state index is -1.13. The number of ether oxygens (including phenoxy) is 1. The Bertz CT molecular complexity index is 897. The van der Waals surface area contributed by atoms with Gasteiger partial charge in [0.25, 0.3) is 0 Å². The minimum Gasteiger partial charge on any atom is -0.394 e. The van der Waals surface area contributed by atoms with E-state index in [-0.39, 0.29) is 35.1 Å². The average Bonchev–Trinajstić information content (AvgIpc) is 3.47. The summed E-state index contributed by atoms with van der Waals surface area (Å²) in [6.07, 6.45) is 6.42. The summed E-state index contributed by atoms with van der Waals surface area (Å²) in [5, 5.41) is 10.5. The van der Waals surface area contributed by atoms with Crippen molar-refractivity contribution >= 4 is 33.7 Å². The molecule has 214 valence electrons. The molecule has 3 heterocycles. The third-order valence-corrected chi connectivity index (χ3v) is 9.04. The van der Waals surface area contributed by atoms with E-state index in [0.717, 1.165) is 19.3 Å². The van der Waals surface area contributed by atoms with E-state index in [1.807, 2.05) is 20.8 Å². The number of unbranched alkanes of at least 4 members (excludes halogenated alkanes) is 1. The number of carbonyl (C=O) groups is 3. The zero-order valence-electron chi connectivity index (χ0n) is 23.5. The number of rotatable bonds is 15. The molecule has 0 saturated carbocycles. The number of nitrogens with zero attached hydrogens (tertiary/aromatic N) is 3. The maximum Gasteiger partial charge on any atom is 0.248 e. The lowest BCUT2D eigenvalue weighted by molar-refractivity contribution is -0.152. The average molecular weight is 597 g/mol. The van der Waals surface area contributed by atoms with Crippen molar-refractivity contribution in [3.8, 4) is 0 Å².